The second-order valence-electron chi connectivity index (χ2n) is 4.84. The van der Waals surface area contributed by atoms with Crippen LogP contribution in [-0.4, -0.2) is 36.8 Å². The fraction of sp³-hybridized carbons (Fsp3) is 0.500. The molecule has 0 saturated carbocycles. The van der Waals surface area contributed by atoms with Crippen molar-refractivity contribution in [3.63, 3.8) is 0 Å². The van der Waals surface area contributed by atoms with Crippen molar-refractivity contribution in [2.75, 3.05) is 24.7 Å². The molecule has 5 heteroatoms. The SMILES string of the molecule is CCC1COCCN1c1cc(C)ccc1/C(N)=N/O. The van der Waals surface area contributed by atoms with Gasteiger partial charge in [0.05, 0.1) is 19.3 Å². The van der Waals surface area contributed by atoms with Gasteiger partial charge in [0.1, 0.15) is 0 Å². The summed E-state index contributed by atoms with van der Waals surface area (Å²) in [7, 11) is 0. The van der Waals surface area contributed by atoms with Crippen molar-refractivity contribution in [2.24, 2.45) is 10.9 Å². The fourth-order valence-electron chi connectivity index (χ4n) is 2.46. The zero-order valence-corrected chi connectivity index (χ0v) is 11.5. The molecule has 1 atom stereocenters. The molecule has 3 N–H and O–H groups in total. The van der Waals surface area contributed by atoms with E-state index in [1.165, 1.54) is 0 Å². The summed E-state index contributed by atoms with van der Waals surface area (Å²) in [6.07, 6.45) is 1.00. The van der Waals surface area contributed by atoms with Gasteiger partial charge in [0.15, 0.2) is 5.84 Å². The van der Waals surface area contributed by atoms with Gasteiger partial charge < -0.3 is 20.6 Å². The number of nitrogens with two attached hydrogens (primary N) is 1. The molecule has 0 bridgehead atoms. The molecule has 1 aromatic carbocycles. The topological polar surface area (TPSA) is 71.1 Å². The van der Waals surface area contributed by atoms with Crippen LogP contribution in [0.3, 0.4) is 0 Å². The molecule has 0 spiro atoms. The van der Waals surface area contributed by atoms with Gasteiger partial charge in [-0.3, -0.25) is 0 Å². The minimum Gasteiger partial charge on any atom is -0.409 e. The quantitative estimate of drug-likeness (QED) is 0.377. The molecule has 0 radical (unpaired) electrons. The number of aryl methyl sites for hydroxylation is 1. The first-order valence-electron chi connectivity index (χ1n) is 6.60. The predicted molar refractivity (Wildman–Crippen MR) is 75.9 cm³/mol. The van der Waals surface area contributed by atoms with Crippen LogP contribution >= 0.6 is 0 Å². The molecule has 0 amide bonds. The largest absolute Gasteiger partial charge is 0.409 e. The lowest BCUT2D eigenvalue weighted by atomic mass is 10.0. The first-order chi connectivity index (χ1) is 9.17. The van der Waals surface area contributed by atoms with Crippen LogP contribution in [0.1, 0.15) is 24.5 Å². The van der Waals surface area contributed by atoms with Gasteiger partial charge in [-0.15, -0.1) is 0 Å². The maximum Gasteiger partial charge on any atom is 0.172 e. The Morgan fingerprint density at radius 1 is 1.58 bits per heavy atom. The van der Waals surface area contributed by atoms with Crippen LogP contribution in [0.5, 0.6) is 0 Å². The number of oxime groups is 1. The van der Waals surface area contributed by atoms with E-state index in [1.807, 2.05) is 19.1 Å². The van der Waals surface area contributed by atoms with Crippen LogP contribution in [0, 0.1) is 6.92 Å². The van der Waals surface area contributed by atoms with E-state index < -0.39 is 0 Å². The molecule has 1 aliphatic rings. The summed E-state index contributed by atoms with van der Waals surface area (Å²) in [5.41, 5.74) is 8.73. The molecule has 1 unspecified atom stereocenters. The molecule has 0 aliphatic carbocycles. The van der Waals surface area contributed by atoms with E-state index in [4.69, 9.17) is 15.7 Å². The maximum absolute atomic E-state index is 8.92. The lowest BCUT2D eigenvalue weighted by Crippen LogP contribution is -2.46. The van der Waals surface area contributed by atoms with Crippen molar-refractivity contribution in [2.45, 2.75) is 26.3 Å². The Balaban J connectivity index is 2.44. The number of hydrogen-bond acceptors (Lipinski definition) is 4. The summed E-state index contributed by atoms with van der Waals surface area (Å²) in [5.74, 6) is 0.149. The zero-order valence-electron chi connectivity index (χ0n) is 11.5. The van der Waals surface area contributed by atoms with Crippen molar-refractivity contribution >= 4 is 11.5 Å². The summed E-state index contributed by atoms with van der Waals surface area (Å²) < 4.78 is 5.53. The number of hydrogen-bond donors (Lipinski definition) is 2. The van der Waals surface area contributed by atoms with Gasteiger partial charge >= 0.3 is 0 Å². The number of nitrogens with zero attached hydrogens (tertiary/aromatic N) is 2. The molecule has 1 heterocycles. The van der Waals surface area contributed by atoms with Crippen LogP contribution in [0.15, 0.2) is 23.4 Å². The second-order valence-corrected chi connectivity index (χ2v) is 4.84. The number of benzene rings is 1. The normalized spacial score (nSPS) is 20.6. The average Bonchev–Trinajstić information content (AvgIpc) is 2.46. The molecule has 1 fully saturated rings. The van der Waals surface area contributed by atoms with Gasteiger partial charge in [-0.2, -0.15) is 0 Å². The van der Waals surface area contributed by atoms with Crippen molar-refractivity contribution in [1.29, 1.82) is 0 Å². The molecule has 19 heavy (non-hydrogen) atoms. The summed E-state index contributed by atoms with van der Waals surface area (Å²) in [6.45, 7) is 6.44. The Bertz CT molecular complexity index is 474. The van der Waals surface area contributed by atoms with Crippen LogP contribution in [-0.2, 0) is 4.74 Å². The number of ether oxygens (including phenoxy) is 1. The molecule has 5 nitrogen and oxygen atoms in total. The monoisotopic (exact) mass is 263 g/mol. The summed E-state index contributed by atoms with van der Waals surface area (Å²) in [6, 6.07) is 6.29. The second kappa shape index (κ2) is 5.93. The van der Waals surface area contributed by atoms with Crippen LogP contribution in [0.25, 0.3) is 0 Å². The van der Waals surface area contributed by atoms with Crippen molar-refractivity contribution in [3.05, 3.63) is 29.3 Å². The summed E-state index contributed by atoms with van der Waals surface area (Å²) >= 11 is 0. The van der Waals surface area contributed by atoms with Crippen LogP contribution in [0.4, 0.5) is 5.69 Å². The minimum absolute atomic E-state index is 0.149. The lowest BCUT2D eigenvalue weighted by Gasteiger charge is -2.38. The third-order valence-electron chi connectivity index (χ3n) is 3.55. The molecule has 0 aromatic heterocycles. The maximum atomic E-state index is 8.92. The van der Waals surface area contributed by atoms with Gasteiger partial charge in [-0.05, 0) is 31.0 Å². The van der Waals surface area contributed by atoms with Gasteiger partial charge in [0.2, 0.25) is 0 Å². The number of rotatable bonds is 3. The van der Waals surface area contributed by atoms with Crippen molar-refractivity contribution in [3.8, 4) is 0 Å². The number of morpholine rings is 1. The molecule has 2 rings (SSSR count). The Kier molecular flexibility index (Phi) is 4.27. The number of amidine groups is 1. The highest BCUT2D eigenvalue weighted by Gasteiger charge is 2.24. The predicted octanol–water partition coefficient (Wildman–Crippen LogP) is 1.70. The van der Waals surface area contributed by atoms with Crippen molar-refractivity contribution < 1.29 is 9.94 Å². The first kappa shape index (κ1) is 13.7. The molecular formula is C14H21N3O2. The molecular weight excluding hydrogens is 242 g/mol. The highest BCUT2D eigenvalue weighted by atomic mass is 16.5. The highest BCUT2D eigenvalue weighted by Crippen LogP contribution is 2.26. The van der Waals surface area contributed by atoms with Gasteiger partial charge in [-0.25, -0.2) is 0 Å². The average molecular weight is 263 g/mol. The van der Waals surface area contributed by atoms with E-state index in [-0.39, 0.29) is 5.84 Å². The number of anilines is 1. The summed E-state index contributed by atoms with van der Waals surface area (Å²) in [4.78, 5) is 2.30. The van der Waals surface area contributed by atoms with E-state index >= 15 is 0 Å². The fourth-order valence-corrected chi connectivity index (χ4v) is 2.46. The Hall–Kier alpha value is -1.75. The van der Waals surface area contributed by atoms with Gasteiger partial charge in [0.25, 0.3) is 0 Å². The van der Waals surface area contributed by atoms with Crippen LogP contribution < -0.4 is 10.6 Å². The zero-order chi connectivity index (χ0) is 13.8. The smallest absolute Gasteiger partial charge is 0.172 e. The molecule has 1 aliphatic heterocycles. The standard InChI is InChI=1S/C14H21N3O2/c1-3-11-9-19-7-6-17(11)13-8-10(2)4-5-12(13)14(15)16-18/h4-5,8,11,18H,3,6-7,9H2,1-2H3,(H2,15,16). The third-order valence-corrected chi connectivity index (χ3v) is 3.55. The molecule has 104 valence electrons. The van der Waals surface area contributed by atoms with E-state index in [0.29, 0.717) is 12.6 Å². The van der Waals surface area contributed by atoms with E-state index in [2.05, 4.69) is 23.0 Å². The highest BCUT2D eigenvalue weighted by molar-refractivity contribution is 6.02. The summed E-state index contributed by atoms with van der Waals surface area (Å²) in [5, 5.41) is 12.1. The van der Waals surface area contributed by atoms with Gasteiger partial charge in [0, 0.05) is 17.8 Å². The van der Waals surface area contributed by atoms with E-state index in [1.54, 1.807) is 0 Å². The molecule has 1 aromatic rings. The lowest BCUT2D eigenvalue weighted by molar-refractivity contribution is 0.0930. The van der Waals surface area contributed by atoms with Gasteiger partial charge in [-0.1, -0.05) is 18.1 Å². The third kappa shape index (κ3) is 2.81. The van der Waals surface area contributed by atoms with Crippen molar-refractivity contribution in [1.82, 2.24) is 0 Å². The van der Waals surface area contributed by atoms with Crippen LogP contribution in [0.2, 0.25) is 0 Å². The van der Waals surface area contributed by atoms with E-state index in [9.17, 15) is 0 Å². The Morgan fingerprint density at radius 3 is 3.05 bits per heavy atom. The molecule has 1 saturated heterocycles. The first-order valence-corrected chi connectivity index (χ1v) is 6.60. The van der Waals surface area contributed by atoms with E-state index in [0.717, 1.165) is 36.4 Å². The minimum atomic E-state index is 0.149. The Labute approximate surface area is 113 Å². The Morgan fingerprint density at radius 2 is 2.37 bits per heavy atom.